The highest BCUT2D eigenvalue weighted by Crippen LogP contribution is 2.31. The summed E-state index contributed by atoms with van der Waals surface area (Å²) < 4.78 is 37.6. The molecule has 0 aliphatic rings. The summed E-state index contributed by atoms with van der Waals surface area (Å²) in [5.41, 5.74) is 1.05. The van der Waals surface area contributed by atoms with Crippen molar-refractivity contribution in [3.63, 3.8) is 0 Å². The number of benzene rings is 2. The number of ether oxygens (including phenoxy) is 1. The second-order valence-electron chi connectivity index (χ2n) is 11.7. The van der Waals surface area contributed by atoms with Crippen LogP contribution in [-0.4, -0.2) is 56.3 Å². The molecule has 13 heteroatoms. The van der Waals surface area contributed by atoms with Gasteiger partial charge in [-0.3, -0.25) is 4.79 Å². The molecule has 0 fully saturated rings. The maximum absolute atomic E-state index is 12.9. The lowest BCUT2D eigenvalue weighted by Crippen LogP contribution is -2.28. The number of unbranched alkanes of at least 4 members (excludes halogenated alkanes) is 3. The minimum absolute atomic E-state index is 0.0493. The largest absolute Gasteiger partial charge is 0.384 e. The zero-order chi connectivity index (χ0) is 32.2. The van der Waals surface area contributed by atoms with Gasteiger partial charge in [-0.15, -0.1) is 0 Å². The molecule has 0 saturated heterocycles. The monoisotopic (exact) mass is 645 g/mol. The topological polar surface area (TPSA) is 148 Å². The van der Waals surface area contributed by atoms with Crippen molar-refractivity contribution < 1.29 is 26.9 Å². The predicted octanol–water partition coefficient (Wildman–Crippen LogP) is 6.23. The van der Waals surface area contributed by atoms with Gasteiger partial charge in [0.1, 0.15) is 10.6 Å². The molecule has 1 heterocycles. The molecular weight excluding hydrogens is 603 g/mol. The number of anilines is 2. The van der Waals surface area contributed by atoms with Gasteiger partial charge in [0, 0.05) is 37.3 Å². The number of aliphatic imine (C=N–C) groups is 1. The number of amides is 1. The van der Waals surface area contributed by atoms with Crippen LogP contribution in [0.15, 0.2) is 52.4 Å². The number of hydrogen-bond acceptors (Lipinski definition) is 11. The average molecular weight is 646 g/mol. The van der Waals surface area contributed by atoms with Crippen LogP contribution in [0.4, 0.5) is 10.8 Å². The molecule has 1 aromatic heterocycles. The second kappa shape index (κ2) is 16.6. The van der Waals surface area contributed by atoms with E-state index in [4.69, 9.17) is 8.92 Å². The summed E-state index contributed by atoms with van der Waals surface area (Å²) in [7, 11) is -4.04. The number of carbonyl (C=O) groups is 1. The zero-order valence-electron chi connectivity index (χ0n) is 26.0. The Bertz CT molecular complexity index is 1510. The van der Waals surface area contributed by atoms with Crippen molar-refractivity contribution >= 4 is 54.5 Å². The van der Waals surface area contributed by atoms with Crippen LogP contribution in [0.1, 0.15) is 73.1 Å². The first kappa shape index (κ1) is 35.1. The minimum Gasteiger partial charge on any atom is -0.384 e. The number of nitrogens with zero attached hydrogens (tertiary/aromatic N) is 2. The van der Waals surface area contributed by atoms with Crippen LogP contribution in [0.2, 0.25) is 0 Å². The van der Waals surface area contributed by atoms with Crippen LogP contribution in [-0.2, 0) is 24.4 Å². The molecular formula is C31H43N5O6S2. The van der Waals surface area contributed by atoms with Crippen LogP contribution < -0.4 is 20.1 Å². The van der Waals surface area contributed by atoms with E-state index in [0.29, 0.717) is 47.2 Å². The van der Waals surface area contributed by atoms with Crippen molar-refractivity contribution in [2.75, 3.05) is 23.7 Å². The Morgan fingerprint density at radius 3 is 2.45 bits per heavy atom. The van der Waals surface area contributed by atoms with Gasteiger partial charge in [0.25, 0.3) is 0 Å². The van der Waals surface area contributed by atoms with Crippen LogP contribution >= 0.6 is 11.3 Å². The lowest BCUT2D eigenvalue weighted by Gasteiger charge is -2.24. The highest BCUT2D eigenvalue weighted by Gasteiger charge is 2.19. The van der Waals surface area contributed by atoms with Crippen molar-refractivity contribution in [2.24, 2.45) is 4.99 Å². The number of thiazole rings is 1. The molecule has 3 N–H and O–H groups in total. The Morgan fingerprint density at radius 1 is 1.05 bits per heavy atom. The number of aromatic nitrogens is 1. The molecule has 0 saturated carbocycles. The maximum Gasteiger partial charge on any atom is 0.339 e. The summed E-state index contributed by atoms with van der Waals surface area (Å²) in [4.78, 5) is 31.3. The first-order valence-electron chi connectivity index (χ1n) is 14.8. The van der Waals surface area contributed by atoms with E-state index in [2.05, 4.69) is 39.8 Å². The molecule has 240 valence electrons. The molecule has 0 aliphatic heterocycles. The van der Waals surface area contributed by atoms with Crippen LogP contribution in [0, 0.1) is 0 Å². The molecule has 3 aromatic rings. The lowest BCUT2D eigenvalue weighted by atomic mass is 10.1. The molecule has 44 heavy (non-hydrogen) atoms. The fraction of sp³-hybridized carbons (Fsp3) is 0.516. The van der Waals surface area contributed by atoms with E-state index in [1.54, 1.807) is 36.4 Å². The average Bonchev–Trinajstić information content (AvgIpc) is 3.33. The molecule has 0 radical (unpaired) electrons. The highest BCUT2D eigenvalue weighted by atomic mass is 32.2. The lowest BCUT2D eigenvalue weighted by molar-refractivity contribution is -0.116. The Balaban J connectivity index is 1.45. The third-order valence-corrected chi connectivity index (χ3v) is 8.45. The van der Waals surface area contributed by atoms with Gasteiger partial charge in [0.05, 0.1) is 15.8 Å². The van der Waals surface area contributed by atoms with Gasteiger partial charge >= 0.3 is 10.1 Å². The Labute approximate surface area is 264 Å². The minimum atomic E-state index is -4.04. The number of hydrogen-bond donors (Lipinski definition) is 3. The summed E-state index contributed by atoms with van der Waals surface area (Å²) in [6.45, 7) is 11.4. The van der Waals surface area contributed by atoms with Gasteiger partial charge in [0.2, 0.25) is 12.0 Å². The first-order chi connectivity index (χ1) is 20.8. The molecule has 11 nitrogen and oxygen atoms in total. The molecule has 3 rings (SSSR count). The zero-order valence-corrected chi connectivity index (χ0v) is 27.6. The smallest absolute Gasteiger partial charge is 0.339 e. The fourth-order valence-corrected chi connectivity index (χ4v) is 6.08. The van der Waals surface area contributed by atoms with Crippen LogP contribution in [0.3, 0.4) is 0 Å². The molecule has 0 spiro atoms. The SMILES string of the molecule is CC(C)NCCNc1ccc(S(=O)(=O)Oc2ccc3nc(NC(=O)CCCCCCC(N=C=O)OC(C)(C)C)sc3c2)cc1. The fourth-order valence-electron chi connectivity index (χ4n) is 4.25. The van der Waals surface area contributed by atoms with E-state index in [1.807, 2.05) is 20.8 Å². The van der Waals surface area contributed by atoms with Gasteiger partial charge in [-0.2, -0.15) is 13.4 Å². The van der Waals surface area contributed by atoms with E-state index in [9.17, 15) is 18.0 Å². The van der Waals surface area contributed by atoms with Crippen molar-refractivity contribution in [1.29, 1.82) is 0 Å². The Morgan fingerprint density at radius 2 is 1.77 bits per heavy atom. The standard InChI is InChI=1S/C31H43N5O6S2/c1-22(2)32-18-19-33-23-12-15-25(16-13-23)44(39,40)42-24-14-17-26-27(20-24)43-30(35-26)36-28(38)10-8-6-7-9-11-29(34-21-37)41-31(3,4)5/h12-17,20,22,29,32-33H,6-11,18-19H2,1-5H3,(H,35,36,38). The molecule has 1 amide bonds. The quantitative estimate of drug-likeness (QED) is 0.0634. The molecule has 1 atom stereocenters. The van der Waals surface area contributed by atoms with Crippen molar-refractivity contribution in [1.82, 2.24) is 10.3 Å². The molecule has 2 aromatic carbocycles. The van der Waals surface area contributed by atoms with Crippen molar-refractivity contribution in [3.8, 4) is 5.75 Å². The number of carbonyl (C=O) groups excluding carboxylic acids is 2. The molecule has 0 bridgehead atoms. The van der Waals surface area contributed by atoms with Gasteiger partial charge < -0.3 is 24.9 Å². The van der Waals surface area contributed by atoms with Crippen molar-refractivity contribution in [2.45, 2.75) is 95.9 Å². The van der Waals surface area contributed by atoms with Gasteiger partial charge in [-0.1, -0.05) is 38.0 Å². The van der Waals surface area contributed by atoms with E-state index in [-0.39, 0.29) is 16.6 Å². The van der Waals surface area contributed by atoms with Gasteiger partial charge in [-0.25, -0.2) is 9.78 Å². The van der Waals surface area contributed by atoms with Crippen molar-refractivity contribution in [3.05, 3.63) is 42.5 Å². The summed E-state index contributed by atoms with van der Waals surface area (Å²) in [5.74, 6) is 0.0201. The summed E-state index contributed by atoms with van der Waals surface area (Å²) in [6.07, 6.45) is 5.31. The number of isocyanates is 1. The first-order valence-corrected chi connectivity index (χ1v) is 17.0. The number of fused-ring (bicyclic) bond motifs is 1. The Kier molecular flexibility index (Phi) is 13.3. The maximum atomic E-state index is 12.9. The summed E-state index contributed by atoms with van der Waals surface area (Å²) in [5, 5.41) is 9.82. The molecule has 1 unspecified atom stereocenters. The van der Waals surface area contributed by atoms with E-state index >= 15 is 0 Å². The highest BCUT2D eigenvalue weighted by molar-refractivity contribution is 7.87. The normalized spacial score (nSPS) is 12.6. The Hall–Kier alpha value is -3.35. The van der Waals surface area contributed by atoms with Crippen LogP contribution in [0.25, 0.3) is 10.2 Å². The number of nitrogens with one attached hydrogen (secondary N) is 3. The van der Waals surface area contributed by atoms with Gasteiger partial charge in [0.15, 0.2) is 11.4 Å². The van der Waals surface area contributed by atoms with Gasteiger partial charge in [-0.05, 0) is 76.4 Å². The molecule has 0 aliphatic carbocycles. The van der Waals surface area contributed by atoms with Crippen LogP contribution in [0.5, 0.6) is 5.75 Å². The summed E-state index contributed by atoms with van der Waals surface area (Å²) in [6, 6.07) is 11.6. The third-order valence-electron chi connectivity index (χ3n) is 6.25. The number of rotatable bonds is 18. The van der Waals surface area contributed by atoms with E-state index in [0.717, 1.165) is 31.5 Å². The third kappa shape index (κ3) is 12.3. The predicted molar refractivity (Wildman–Crippen MR) is 175 cm³/mol. The van der Waals surface area contributed by atoms with E-state index < -0.39 is 21.9 Å². The van der Waals surface area contributed by atoms with E-state index in [1.165, 1.54) is 23.5 Å². The summed E-state index contributed by atoms with van der Waals surface area (Å²) >= 11 is 1.25. The second-order valence-corrected chi connectivity index (χ2v) is 14.2.